The van der Waals surface area contributed by atoms with Gasteiger partial charge in [0.25, 0.3) is 11.2 Å². The van der Waals surface area contributed by atoms with Crippen LogP contribution in [0, 0.1) is 10.1 Å². The Hall–Kier alpha value is -3.33. The second kappa shape index (κ2) is 7.70. The molecule has 2 aromatic heterocycles. The summed E-state index contributed by atoms with van der Waals surface area (Å²) in [5, 5.41) is 16.2. The Morgan fingerprint density at radius 2 is 2.04 bits per heavy atom. The summed E-state index contributed by atoms with van der Waals surface area (Å²) < 4.78 is 1.01. The molecule has 8 nitrogen and oxygen atoms in total. The highest BCUT2D eigenvalue weighted by atomic mass is 32.1. The minimum absolute atomic E-state index is 0.253. The molecular weight excluding hydrogens is 356 g/mol. The third-order valence-corrected chi connectivity index (χ3v) is 4.47. The molecule has 1 aromatic carbocycles. The van der Waals surface area contributed by atoms with Crippen LogP contribution in [0.1, 0.15) is 16.6 Å². The summed E-state index contributed by atoms with van der Waals surface area (Å²) in [5.41, 5.74) is 0.107. The van der Waals surface area contributed by atoms with Crippen molar-refractivity contribution in [1.82, 2.24) is 14.9 Å². The second-order valence-electron chi connectivity index (χ2n) is 5.39. The fourth-order valence-corrected chi connectivity index (χ4v) is 3.14. The molecule has 26 heavy (non-hydrogen) atoms. The summed E-state index contributed by atoms with van der Waals surface area (Å²) in [6.45, 7) is -0.324. The van der Waals surface area contributed by atoms with Crippen molar-refractivity contribution in [2.45, 2.75) is 12.6 Å². The van der Waals surface area contributed by atoms with Gasteiger partial charge in [-0.2, -0.15) is 0 Å². The summed E-state index contributed by atoms with van der Waals surface area (Å²) in [5.74, 6) is -0.448. The van der Waals surface area contributed by atoms with Gasteiger partial charge in [0, 0.05) is 23.7 Å². The second-order valence-corrected chi connectivity index (χ2v) is 6.32. The van der Waals surface area contributed by atoms with Crippen LogP contribution < -0.4 is 10.9 Å². The van der Waals surface area contributed by atoms with Crippen LogP contribution in [0.3, 0.4) is 0 Å². The van der Waals surface area contributed by atoms with E-state index in [2.05, 4.69) is 10.3 Å². The molecule has 0 aliphatic heterocycles. The van der Waals surface area contributed by atoms with Gasteiger partial charge < -0.3 is 5.32 Å². The number of nitrogens with one attached hydrogen (secondary N) is 1. The lowest BCUT2D eigenvalue weighted by Crippen LogP contribution is -2.35. The Bertz CT molecular complexity index is 970. The molecule has 0 spiro atoms. The number of hydrogen-bond acceptors (Lipinski definition) is 6. The molecule has 1 N–H and O–H groups in total. The van der Waals surface area contributed by atoms with E-state index in [0.29, 0.717) is 5.01 Å². The maximum atomic E-state index is 12.5. The number of benzene rings is 1. The van der Waals surface area contributed by atoms with Crippen molar-refractivity contribution >= 4 is 22.9 Å². The van der Waals surface area contributed by atoms with Gasteiger partial charge in [-0.15, -0.1) is 11.3 Å². The van der Waals surface area contributed by atoms with Gasteiger partial charge in [0.2, 0.25) is 5.91 Å². The first kappa shape index (κ1) is 17.5. The Kier molecular flexibility index (Phi) is 5.18. The fourth-order valence-electron chi connectivity index (χ4n) is 2.42. The summed E-state index contributed by atoms with van der Waals surface area (Å²) in [4.78, 5) is 38.8. The number of carbonyl (C=O) groups excluding carboxylic acids is 1. The van der Waals surface area contributed by atoms with Crippen LogP contribution in [0.5, 0.6) is 0 Å². The molecular formula is C17H14N4O4S. The van der Waals surface area contributed by atoms with E-state index in [-0.39, 0.29) is 12.2 Å². The highest BCUT2D eigenvalue weighted by molar-refractivity contribution is 7.09. The van der Waals surface area contributed by atoms with Crippen molar-refractivity contribution in [2.75, 3.05) is 0 Å². The molecule has 0 aliphatic rings. The van der Waals surface area contributed by atoms with Crippen molar-refractivity contribution in [2.24, 2.45) is 0 Å². The lowest BCUT2D eigenvalue weighted by Gasteiger charge is -2.17. The van der Waals surface area contributed by atoms with Gasteiger partial charge in [0.15, 0.2) is 0 Å². The number of nitrogens with zero attached hydrogens (tertiary/aromatic N) is 3. The predicted octanol–water partition coefficient (Wildman–Crippen LogP) is 2.12. The van der Waals surface area contributed by atoms with Gasteiger partial charge in [0.1, 0.15) is 17.6 Å². The first-order chi connectivity index (χ1) is 12.5. The van der Waals surface area contributed by atoms with Crippen LogP contribution in [0.25, 0.3) is 0 Å². The number of amides is 1. The molecule has 0 bridgehead atoms. The molecule has 132 valence electrons. The van der Waals surface area contributed by atoms with E-state index in [1.165, 1.54) is 11.3 Å². The van der Waals surface area contributed by atoms with E-state index in [9.17, 15) is 19.7 Å². The molecule has 0 fully saturated rings. The molecule has 1 amide bonds. The summed E-state index contributed by atoms with van der Waals surface area (Å²) >= 11 is 1.40. The largest absolute Gasteiger partial charge is 0.341 e. The lowest BCUT2D eigenvalue weighted by atomic mass is 10.1. The van der Waals surface area contributed by atoms with E-state index >= 15 is 0 Å². The van der Waals surface area contributed by atoms with Crippen molar-refractivity contribution in [3.63, 3.8) is 0 Å². The van der Waals surface area contributed by atoms with Gasteiger partial charge >= 0.3 is 0 Å². The average Bonchev–Trinajstić information content (AvgIpc) is 3.16. The van der Waals surface area contributed by atoms with Crippen LogP contribution in [0.15, 0.2) is 65.0 Å². The summed E-state index contributed by atoms with van der Waals surface area (Å²) in [7, 11) is 0. The molecule has 0 aliphatic carbocycles. The maximum Gasteiger partial charge on any atom is 0.285 e. The van der Waals surface area contributed by atoms with E-state index in [0.717, 1.165) is 28.5 Å². The number of hydrogen-bond donors (Lipinski definition) is 1. The van der Waals surface area contributed by atoms with Crippen LogP contribution in [0.4, 0.5) is 5.69 Å². The minimum Gasteiger partial charge on any atom is -0.341 e. The first-order valence-electron chi connectivity index (χ1n) is 7.63. The van der Waals surface area contributed by atoms with Crippen LogP contribution in [0.2, 0.25) is 0 Å². The fraction of sp³-hybridized carbons (Fsp3) is 0.118. The molecule has 3 rings (SSSR count). The summed E-state index contributed by atoms with van der Waals surface area (Å²) in [6.07, 6.45) is 2.70. The van der Waals surface area contributed by atoms with E-state index in [1.54, 1.807) is 6.20 Å². The quantitative estimate of drug-likeness (QED) is 0.528. The Morgan fingerprint density at radius 3 is 2.69 bits per heavy atom. The van der Waals surface area contributed by atoms with Gasteiger partial charge in [-0.1, -0.05) is 30.3 Å². The zero-order valence-corrected chi connectivity index (χ0v) is 14.3. The Labute approximate surface area is 151 Å². The van der Waals surface area contributed by atoms with Crippen LogP contribution in [-0.4, -0.2) is 20.4 Å². The van der Waals surface area contributed by atoms with Crippen LogP contribution >= 0.6 is 11.3 Å². The SMILES string of the molecule is O=C(Cn1cc([N+](=O)[O-])ccc1=O)NC(c1ccccc1)c1nccs1. The topological polar surface area (TPSA) is 107 Å². The first-order valence-corrected chi connectivity index (χ1v) is 8.51. The Morgan fingerprint density at radius 1 is 1.27 bits per heavy atom. The normalized spacial score (nSPS) is 11.7. The molecule has 3 aromatic rings. The smallest absolute Gasteiger partial charge is 0.285 e. The van der Waals surface area contributed by atoms with E-state index in [1.807, 2.05) is 35.7 Å². The van der Waals surface area contributed by atoms with Crippen molar-refractivity contribution in [3.8, 4) is 0 Å². The number of carbonyl (C=O) groups is 1. The highest BCUT2D eigenvalue weighted by Gasteiger charge is 2.20. The molecule has 0 radical (unpaired) electrons. The standard InChI is InChI=1S/C17H14N4O4S/c22-14(11-20-10-13(21(24)25)6-7-15(20)23)19-16(17-18-8-9-26-17)12-4-2-1-3-5-12/h1-10,16H,11H2,(H,19,22). The summed E-state index contributed by atoms with van der Waals surface area (Å²) in [6, 6.07) is 11.0. The van der Waals surface area contributed by atoms with Crippen molar-refractivity contribution < 1.29 is 9.72 Å². The zero-order chi connectivity index (χ0) is 18.5. The maximum absolute atomic E-state index is 12.5. The molecule has 1 unspecified atom stereocenters. The van der Waals surface area contributed by atoms with Crippen LogP contribution in [-0.2, 0) is 11.3 Å². The molecule has 1 atom stereocenters. The van der Waals surface area contributed by atoms with Gasteiger partial charge in [-0.25, -0.2) is 4.98 Å². The van der Waals surface area contributed by atoms with Crippen molar-refractivity contribution in [3.05, 3.63) is 91.3 Å². The number of pyridine rings is 1. The van der Waals surface area contributed by atoms with Gasteiger partial charge in [0.05, 0.1) is 11.1 Å². The van der Waals surface area contributed by atoms with Gasteiger partial charge in [-0.05, 0) is 5.56 Å². The lowest BCUT2D eigenvalue weighted by molar-refractivity contribution is -0.385. The third kappa shape index (κ3) is 4.01. The number of thiazole rings is 1. The zero-order valence-electron chi connectivity index (χ0n) is 13.4. The Balaban J connectivity index is 1.82. The minimum atomic E-state index is -0.615. The number of rotatable bonds is 6. The molecule has 0 saturated heterocycles. The third-order valence-electron chi connectivity index (χ3n) is 3.63. The number of aromatic nitrogens is 2. The molecule has 2 heterocycles. The molecule has 9 heteroatoms. The average molecular weight is 370 g/mol. The number of nitro groups is 1. The highest BCUT2D eigenvalue weighted by Crippen LogP contribution is 2.23. The van der Waals surface area contributed by atoms with E-state index < -0.39 is 22.4 Å². The molecule has 0 saturated carbocycles. The predicted molar refractivity (Wildman–Crippen MR) is 95.9 cm³/mol. The van der Waals surface area contributed by atoms with Crippen molar-refractivity contribution in [1.29, 1.82) is 0 Å². The van der Waals surface area contributed by atoms with Gasteiger partial charge in [-0.3, -0.25) is 24.3 Å². The van der Waals surface area contributed by atoms with E-state index in [4.69, 9.17) is 0 Å². The monoisotopic (exact) mass is 370 g/mol.